The predicted molar refractivity (Wildman–Crippen MR) is 114 cm³/mol. The number of fused-ring (bicyclic) bond motifs is 3. The van der Waals surface area contributed by atoms with Crippen LogP contribution in [0.1, 0.15) is 11.1 Å². The number of allylic oxidation sites excluding steroid dienone is 4. The SMILES string of the molecule is C=C/C=C(\C=C)c1ccc2c(c1)c1cc(C)ccc1n2-c1ccccc1. The lowest BCUT2D eigenvalue weighted by Gasteiger charge is -2.08. The minimum Gasteiger partial charge on any atom is -0.309 e. The van der Waals surface area contributed by atoms with E-state index in [1.165, 1.54) is 33.1 Å². The molecule has 0 radical (unpaired) electrons. The van der Waals surface area contributed by atoms with Crippen molar-refractivity contribution in [2.75, 3.05) is 0 Å². The quantitative estimate of drug-likeness (QED) is 0.359. The molecule has 0 aliphatic rings. The van der Waals surface area contributed by atoms with Crippen LogP contribution in [0, 0.1) is 6.92 Å². The van der Waals surface area contributed by atoms with Gasteiger partial charge < -0.3 is 4.57 Å². The van der Waals surface area contributed by atoms with Gasteiger partial charge in [0.25, 0.3) is 0 Å². The van der Waals surface area contributed by atoms with Crippen molar-refractivity contribution >= 4 is 27.4 Å². The van der Waals surface area contributed by atoms with Gasteiger partial charge in [0.05, 0.1) is 11.0 Å². The number of para-hydroxylation sites is 1. The Bertz CT molecular complexity index is 1160. The van der Waals surface area contributed by atoms with E-state index in [9.17, 15) is 0 Å². The molecule has 4 rings (SSSR count). The fraction of sp³-hybridized carbons (Fsp3) is 0.0400. The van der Waals surface area contributed by atoms with Crippen molar-refractivity contribution < 1.29 is 0 Å². The molecule has 0 bridgehead atoms. The van der Waals surface area contributed by atoms with Crippen molar-refractivity contribution in [1.82, 2.24) is 4.57 Å². The van der Waals surface area contributed by atoms with E-state index in [0.717, 1.165) is 11.1 Å². The Labute approximate surface area is 154 Å². The molecule has 1 nitrogen and oxygen atoms in total. The van der Waals surface area contributed by atoms with Gasteiger partial charge in [-0.2, -0.15) is 0 Å². The van der Waals surface area contributed by atoms with Crippen LogP contribution >= 0.6 is 0 Å². The first-order valence-electron chi connectivity index (χ1n) is 8.78. The summed E-state index contributed by atoms with van der Waals surface area (Å²) in [5.74, 6) is 0. The summed E-state index contributed by atoms with van der Waals surface area (Å²) in [7, 11) is 0. The van der Waals surface area contributed by atoms with Crippen LogP contribution in [0.2, 0.25) is 0 Å². The van der Waals surface area contributed by atoms with Crippen LogP contribution < -0.4 is 0 Å². The first-order valence-corrected chi connectivity index (χ1v) is 8.78. The summed E-state index contributed by atoms with van der Waals surface area (Å²) in [6.45, 7) is 9.90. The van der Waals surface area contributed by atoms with E-state index in [-0.39, 0.29) is 0 Å². The van der Waals surface area contributed by atoms with Crippen molar-refractivity contribution in [3.63, 3.8) is 0 Å². The molecule has 4 aromatic rings. The van der Waals surface area contributed by atoms with Gasteiger partial charge in [-0.05, 0) is 54.5 Å². The van der Waals surface area contributed by atoms with Gasteiger partial charge >= 0.3 is 0 Å². The van der Waals surface area contributed by atoms with E-state index < -0.39 is 0 Å². The van der Waals surface area contributed by atoms with Crippen LogP contribution in [0.15, 0.2) is 98.1 Å². The van der Waals surface area contributed by atoms with Gasteiger partial charge in [-0.3, -0.25) is 0 Å². The van der Waals surface area contributed by atoms with Crippen LogP contribution in [0.5, 0.6) is 0 Å². The van der Waals surface area contributed by atoms with E-state index >= 15 is 0 Å². The summed E-state index contributed by atoms with van der Waals surface area (Å²) in [5, 5.41) is 2.52. The summed E-state index contributed by atoms with van der Waals surface area (Å²) in [6.07, 6.45) is 5.68. The molecule has 1 heteroatoms. The molecule has 26 heavy (non-hydrogen) atoms. The molecule has 0 aliphatic heterocycles. The minimum absolute atomic E-state index is 1.08. The van der Waals surface area contributed by atoms with Crippen molar-refractivity contribution in [2.24, 2.45) is 0 Å². The molecule has 0 spiro atoms. The third kappa shape index (κ3) is 2.58. The standard InChI is InChI=1S/C25H21N/c1-4-9-19(5-2)20-13-15-25-23(17-20)22-16-18(3)12-14-24(22)26(25)21-10-7-6-8-11-21/h4-17H,1-2H2,3H3/b19-9+. The summed E-state index contributed by atoms with van der Waals surface area (Å²) >= 11 is 0. The van der Waals surface area contributed by atoms with Gasteiger partial charge in [-0.1, -0.05) is 67.3 Å². The molecule has 1 heterocycles. The minimum atomic E-state index is 1.08. The number of hydrogen-bond donors (Lipinski definition) is 0. The van der Waals surface area contributed by atoms with Crippen LogP contribution in [-0.4, -0.2) is 4.57 Å². The molecule has 0 atom stereocenters. The molecule has 3 aromatic carbocycles. The zero-order chi connectivity index (χ0) is 18.1. The van der Waals surface area contributed by atoms with Crippen molar-refractivity contribution in [1.29, 1.82) is 0 Å². The zero-order valence-corrected chi connectivity index (χ0v) is 14.9. The Morgan fingerprint density at radius 2 is 1.54 bits per heavy atom. The molecule has 0 saturated heterocycles. The number of nitrogens with zero attached hydrogens (tertiary/aromatic N) is 1. The predicted octanol–water partition coefficient (Wildman–Crippen LogP) is 6.85. The van der Waals surface area contributed by atoms with Gasteiger partial charge in [0.15, 0.2) is 0 Å². The normalized spacial score (nSPS) is 11.8. The number of aromatic nitrogens is 1. The fourth-order valence-corrected chi connectivity index (χ4v) is 3.58. The maximum Gasteiger partial charge on any atom is 0.0541 e. The van der Waals surface area contributed by atoms with E-state index in [1.807, 2.05) is 12.2 Å². The average Bonchev–Trinajstić information content (AvgIpc) is 2.99. The molecule has 0 amide bonds. The van der Waals surface area contributed by atoms with Gasteiger partial charge in [-0.25, -0.2) is 0 Å². The Balaban J connectivity index is 2.10. The molecule has 126 valence electrons. The third-order valence-corrected chi connectivity index (χ3v) is 4.79. The number of rotatable bonds is 4. The summed E-state index contributed by atoms with van der Waals surface area (Å²) < 4.78 is 2.33. The molecule has 0 saturated carbocycles. The Morgan fingerprint density at radius 1 is 0.846 bits per heavy atom. The average molecular weight is 335 g/mol. The maximum atomic E-state index is 3.94. The van der Waals surface area contributed by atoms with Crippen LogP contribution in [-0.2, 0) is 0 Å². The summed E-state index contributed by atoms with van der Waals surface area (Å²) in [4.78, 5) is 0. The summed E-state index contributed by atoms with van der Waals surface area (Å²) in [5.41, 5.74) is 7.11. The van der Waals surface area contributed by atoms with E-state index in [0.29, 0.717) is 0 Å². The van der Waals surface area contributed by atoms with Crippen molar-refractivity contribution in [2.45, 2.75) is 6.92 Å². The van der Waals surface area contributed by atoms with Gasteiger partial charge in [0, 0.05) is 16.5 Å². The Morgan fingerprint density at radius 3 is 2.23 bits per heavy atom. The van der Waals surface area contributed by atoms with E-state index in [2.05, 4.69) is 91.4 Å². The summed E-state index contributed by atoms with van der Waals surface area (Å²) in [6, 6.07) is 23.8. The van der Waals surface area contributed by atoms with Crippen molar-refractivity contribution in [3.05, 3.63) is 109 Å². The van der Waals surface area contributed by atoms with E-state index in [1.54, 1.807) is 6.08 Å². The Hall–Kier alpha value is -3.32. The molecular weight excluding hydrogens is 314 g/mol. The van der Waals surface area contributed by atoms with E-state index in [4.69, 9.17) is 0 Å². The highest BCUT2D eigenvalue weighted by molar-refractivity contribution is 6.10. The van der Waals surface area contributed by atoms with Gasteiger partial charge in [-0.15, -0.1) is 0 Å². The van der Waals surface area contributed by atoms with Gasteiger partial charge in [0.1, 0.15) is 0 Å². The molecular formula is C25H21N. The monoisotopic (exact) mass is 335 g/mol. The Kier molecular flexibility index (Phi) is 4.06. The highest BCUT2D eigenvalue weighted by Gasteiger charge is 2.13. The largest absolute Gasteiger partial charge is 0.309 e. The topological polar surface area (TPSA) is 4.93 Å². The highest BCUT2D eigenvalue weighted by atomic mass is 15.0. The first kappa shape index (κ1) is 16.2. The number of benzene rings is 3. The zero-order valence-electron chi connectivity index (χ0n) is 14.9. The third-order valence-electron chi connectivity index (χ3n) is 4.79. The lowest BCUT2D eigenvalue weighted by atomic mass is 10.0. The first-order chi connectivity index (χ1) is 12.7. The number of hydrogen-bond acceptors (Lipinski definition) is 0. The lowest BCUT2D eigenvalue weighted by molar-refractivity contribution is 1.18. The van der Waals surface area contributed by atoms with Crippen LogP contribution in [0.4, 0.5) is 0 Å². The highest BCUT2D eigenvalue weighted by Crippen LogP contribution is 2.34. The molecule has 0 N–H and O–H groups in total. The fourth-order valence-electron chi connectivity index (χ4n) is 3.58. The molecule has 0 aliphatic carbocycles. The van der Waals surface area contributed by atoms with Crippen LogP contribution in [0.25, 0.3) is 33.1 Å². The maximum absolute atomic E-state index is 3.94. The molecule has 1 aromatic heterocycles. The lowest BCUT2D eigenvalue weighted by Crippen LogP contribution is -1.93. The second-order valence-electron chi connectivity index (χ2n) is 6.49. The molecule has 0 fully saturated rings. The molecule has 0 unspecified atom stereocenters. The van der Waals surface area contributed by atoms with Gasteiger partial charge in [0.2, 0.25) is 0 Å². The van der Waals surface area contributed by atoms with Crippen LogP contribution in [0.3, 0.4) is 0 Å². The second kappa shape index (κ2) is 6.53. The number of aryl methyl sites for hydroxylation is 1. The van der Waals surface area contributed by atoms with Crippen molar-refractivity contribution in [3.8, 4) is 5.69 Å². The second-order valence-corrected chi connectivity index (χ2v) is 6.49. The smallest absolute Gasteiger partial charge is 0.0541 e.